The Morgan fingerprint density at radius 3 is 2.56 bits per heavy atom. The lowest BCUT2D eigenvalue weighted by Gasteiger charge is -2.17. The van der Waals surface area contributed by atoms with Crippen LogP contribution in [0.1, 0.15) is 40.1 Å². The van der Waals surface area contributed by atoms with Crippen LogP contribution in [0.25, 0.3) is 32.6 Å². The zero-order chi connectivity index (χ0) is 26.3. The SMILES string of the molecule is Cc1c(Nc2nccc3cc(CN4CCCC4)cnc23)cccc1-c1cccc(-c2nc3c(s2)CNC3)c1C. The van der Waals surface area contributed by atoms with E-state index >= 15 is 0 Å². The second kappa shape index (κ2) is 10.2. The number of pyridine rings is 2. The molecule has 39 heavy (non-hydrogen) atoms. The molecule has 1 saturated heterocycles. The lowest BCUT2D eigenvalue weighted by molar-refractivity contribution is 0.331. The Kier molecular flexibility index (Phi) is 6.35. The fourth-order valence-electron chi connectivity index (χ4n) is 5.90. The Morgan fingerprint density at radius 2 is 1.72 bits per heavy atom. The maximum Gasteiger partial charge on any atom is 0.156 e. The van der Waals surface area contributed by atoms with E-state index in [0.29, 0.717) is 0 Å². The van der Waals surface area contributed by atoms with E-state index in [9.17, 15) is 0 Å². The van der Waals surface area contributed by atoms with Crippen molar-refractivity contribution < 1.29 is 0 Å². The van der Waals surface area contributed by atoms with E-state index in [1.807, 2.05) is 23.7 Å². The first kappa shape index (κ1) is 24.4. The molecule has 0 bridgehead atoms. The van der Waals surface area contributed by atoms with Crippen LogP contribution in [0.5, 0.6) is 0 Å². The molecule has 0 amide bonds. The molecule has 6 nitrogen and oxygen atoms in total. The summed E-state index contributed by atoms with van der Waals surface area (Å²) < 4.78 is 0. The van der Waals surface area contributed by atoms with E-state index in [2.05, 4.69) is 82.9 Å². The van der Waals surface area contributed by atoms with Crippen LogP contribution >= 0.6 is 11.3 Å². The average Bonchev–Trinajstić information content (AvgIpc) is 3.69. The Balaban J connectivity index is 1.20. The number of fused-ring (bicyclic) bond motifs is 2. The summed E-state index contributed by atoms with van der Waals surface area (Å²) >= 11 is 1.81. The van der Waals surface area contributed by atoms with Crippen LogP contribution in [0.2, 0.25) is 0 Å². The summed E-state index contributed by atoms with van der Waals surface area (Å²) in [7, 11) is 0. The summed E-state index contributed by atoms with van der Waals surface area (Å²) in [4.78, 5) is 18.3. The van der Waals surface area contributed by atoms with Crippen LogP contribution < -0.4 is 10.6 Å². The third-order valence-electron chi connectivity index (χ3n) is 8.06. The minimum Gasteiger partial charge on any atom is -0.338 e. The van der Waals surface area contributed by atoms with Crippen LogP contribution in [-0.4, -0.2) is 32.9 Å². The van der Waals surface area contributed by atoms with Gasteiger partial charge in [-0.1, -0.05) is 30.3 Å². The highest BCUT2D eigenvalue weighted by Gasteiger charge is 2.20. The first-order valence-electron chi connectivity index (χ1n) is 13.8. The number of nitrogens with zero attached hydrogens (tertiary/aromatic N) is 4. The maximum absolute atomic E-state index is 4.94. The summed E-state index contributed by atoms with van der Waals surface area (Å²) in [6, 6.07) is 17.3. The molecular formula is C32H32N6S. The molecule has 0 atom stereocenters. The Hall–Kier alpha value is -3.65. The van der Waals surface area contributed by atoms with Gasteiger partial charge in [-0.25, -0.2) is 9.97 Å². The second-order valence-corrected chi connectivity index (χ2v) is 11.7. The van der Waals surface area contributed by atoms with Crippen LogP contribution in [0, 0.1) is 13.8 Å². The monoisotopic (exact) mass is 532 g/mol. The smallest absolute Gasteiger partial charge is 0.156 e. The second-order valence-electron chi connectivity index (χ2n) is 10.6. The van der Waals surface area contributed by atoms with Crippen molar-refractivity contribution in [3.63, 3.8) is 0 Å². The molecule has 5 heterocycles. The molecule has 0 radical (unpaired) electrons. The number of anilines is 2. The fourth-order valence-corrected chi connectivity index (χ4v) is 7.03. The van der Waals surface area contributed by atoms with E-state index in [0.717, 1.165) is 47.1 Å². The zero-order valence-electron chi connectivity index (χ0n) is 22.4. The van der Waals surface area contributed by atoms with E-state index in [-0.39, 0.29) is 0 Å². The third-order valence-corrected chi connectivity index (χ3v) is 9.19. The van der Waals surface area contributed by atoms with Crippen LogP contribution in [0.3, 0.4) is 0 Å². The van der Waals surface area contributed by atoms with Gasteiger partial charge in [0.25, 0.3) is 0 Å². The third kappa shape index (κ3) is 4.61. The van der Waals surface area contributed by atoms with Crippen molar-refractivity contribution in [3.8, 4) is 21.7 Å². The van der Waals surface area contributed by atoms with Crippen molar-refractivity contribution in [2.75, 3.05) is 18.4 Å². The molecule has 2 aliphatic rings. The molecule has 2 N–H and O–H groups in total. The number of nitrogens with one attached hydrogen (secondary N) is 2. The van der Waals surface area contributed by atoms with Crippen LogP contribution in [0.4, 0.5) is 11.5 Å². The van der Waals surface area contributed by atoms with Crippen molar-refractivity contribution in [2.24, 2.45) is 0 Å². The highest BCUT2D eigenvalue weighted by Crippen LogP contribution is 2.38. The molecule has 7 rings (SSSR count). The summed E-state index contributed by atoms with van der Waals surface area (Å²) in [5.41, 5.74) is 10.5. The number of hydrogen-bond acceptors (Lipinski definition) is 7. The van der Waals surface area contributed by atoms with Crippen LogP contribution in [-0.2, 0) is 19.6 Å². The highest BCUT2D eigenvalue weighted by molar-refractivity contribution is 7.15. The summed E-state index contributed by atoms with van der Waals surface area (Å²) in [6.07, 6.45) is 6.48. The normalized spacial score (nSPS) is 15.2. The summed E-state index contributed by atoms with van der Waals surface area (Å²) in [5, 5.41) is 9.23. The van der Waals surface area contributed by atoms with E-state index in [4.69, 9.17) is 9.97 Å². The van der Waals surface area contributed by atoms with Crippen molar-refractivity contribution in [2.45, 2.75) is 46.3 Å². The first-order chi connectivity index (χ1) is 19.1. The lowest BCUT2D eigenvalue weighted by Crippen LogP contribution is -2.18. The molecule has 2 aliphatic heterocycles. The minimum absolute atomic E-state index is 0.789. The average molecular weight is 533 g/mol. The molecule has 5 aromatic rings. The van der Waals surface area contributed by atoms with Gasteiger partial charge in [0.05, 0.1) is 5.69 Å². The lowest BCUT2D eigenvalue weighted by atomic mass is 9.93. The minimum atomic E-state index is 0.789. The molecule has 2 aromatic carbocycles. The van der Waals surface area contributed by atoms with Gasteiger partial charge in [-0.2, -0.15) is 0 Å². The topological polar surface area (TPSA) is 66.0 Å². The summed E-state index contributed by atoms with van der Waals surface area (Å²) in [6.45, 7) is 9.52. The Morgan fingerprint density at radius 1 is 0.923 bits per heavy atom. The summed E-state index contributed by atoms with van der Waals surface area (Å²) in [5.74, 6) is 0.789. The van der Waals surface area contributed by atoms with Gasteiger partial charge in [-0.15, -0.1) is 11.3 Å². The quantitative estimate of drug-likeness (QED) is 0.246. The van der Waals surface area contributed by atoms with Gasteiger partial charge >= 0.3 is 0 Å². The molecular weight excluding hydrogens is 500 g/mol. The van der Waals surface area contributed by atoms with Crippen molar-refractivity contribution in [1.29, 1.82) is 0 Å². The number of likely N-dealkylation sites (tertiary alicyclic amines) is 1. The van der Waals surface area contributed by atoms with Gasteiger partial charge in [-0.05, 0) is 85.8 Å². The zero-order valence-corrected chi connectivity index (χ0v) is 23.2. The number of thiazole rings is 1. The molecule has 0 unspecified atom stereocenters. The van der Waals surface area contributed by atoms with Gasteiger partial charge < -0.3 is 10.6 Å². The largest absolute Gasteiger partial charge is 0.338 e. The number of aromatic nitrogens is 3. The molecule has 3 aromatic heterocycles. The Labute approximate surface area is 233 Å². The molecule has 1 fully saturated rings. The molecule has 196 valence electrons. The van der Waals surface area contributed by atoms with Gasteiger partial charge in [0.15, 0.2) is 5.82 Å². The molecule has 0 aliphatic carbocycles. The van der Waals surface area contributed by atoms with Crippen molar-refractivity contribution >= 4 is 33.7 Å². The maximum atomic E-state index is 4.94. The molecule has 7 heteroatoms. The van der Waals surface area contributed by atoms with Gasteiger partial charge in [0, 0.05) is 53.5 Å². The predicted octanol–water partition coefficient (Wildman–Crippen LogP) is 6.98. The van der Waals surface area contributed by atoms with Gasteiger partial charge in [0.2, 0.25) is 0 Å². The van der Waals surface area contributed by atoms with E-state index < -0.39 is 0 Å². The fraction of sp³-hybridized carbons (Fsp3) is 0.281. The highest BCUT2D eigenvalue weighted by atomic mass is 32.1. The predicted molar refractivity (Wildman–Crippen MR) is 160 cm³/mol. The van der Waals surface area contributed by atoms with Crippen molar-refractivity contribution in [1.82, 2.24) is 25.2 Å². The van der Waals surface area contributed by atoms with E-state index in [1.165, 1.54) is 69.9 Å². The number of rotatable bonds is 6. The first-order valence-corrected chi connectivity index (χ1v) is 14.6. The number of hydrogen-bond donors (Lipinski definition) is 2. The Bertz CT molecular complexity index is 1660. The van der Waals surface area contributed by atoms with E-state index in [1.54, 1.807) is 0 Å². The standard InChI is InChI=1S/C32H32N6S/c1-20-24(7-5-9-26(20)32-37-28-17-33-18-29(28)39-32)25-8-6-10-27(21(25)2)36-31-30-23(11-12-34-31)15-22(16-35-30)19-38-13-3-4-14-38/h5-12,15-16,33H,3-4,13-14,17-19H2,1-2H3,(H,34,36). The molecule has 0 spiro atoms. The van der Waals surface area contributed by atoms with Crippen LogP contribution in [0.15, 0.2) is 60.9 Å². The van der Waals surface area contributed by atoms with Gasteiger partial charge in [0.1, 0.15) is 10.5 Å². The molecule has 0 saturated carbocycles. The van der Waals surface area contributed by atoms with Gasteiger partial charge in [-0.3, -0.25) is 9.88 Å². The van der Waals surface area contributed by atoms with Crippen molar-refractivity contribution in [3.05, 3.63) is 88.2 Å². The number of benzene rings is 2.